The highest BCUT2D eigenvalue weighted by Crippen LogP contribution is 2.25. The largest absolute Gasteiger partial charge is 0.328 e. The first-order valence-corrected chi connectivity index (χ1v) is 9.81. The topological polar surface area (TPSA) is 64.7 Å². The van der Waals surface area contributed by atoms with E-state index in [1.54, 1.807) is 23.1 Å². The summed E-state index contributed by atoms with van der Waals surface area (Å²) in [6.45, 7) is 5.10. The van der Waals surface area contributed by atoms with Crippen LogP contribution in [-0.4, -0.2) is 25.2 Å². The van der Waals surface area contributed by atoms with Crippen LogP contribution in [0.4, 0.5) is 5.69 Å². The normalized spacial score (nSPS) is 11.2. The minimum Gasteiger partial charge on any atom is -0.328 e. The molecule has 0 bridgehead atoms. The van der Waals surface area contributed by atoms with E-state index in [0.717, 1.165) is 46.1 Å². The van der Waals surface area contributed by atoms with Crippen molar-refractivity contribution in [3.63, 3.8) is 0 Å². The Morgan fingerprint density at radius 2 is 2.11 bits per heavy atom. The summed E-state index contributed by atoms with van der Waals surface area (Å²) < 4.78 is 3.82. The molecular formula is C20H21N5OS. The van der Waals surface area contributed by atoms with Crippen LogP contribution < -0.4 is 5.32 Å². The lowest BCUT2D eigenvalue weighted by molar-refractivity contribution is 0.101. The van der Waals surface area contributed by atoms with E-state index in [1.165, 1.54) is 0 Å². The van der Waals surface area contributed by atoms with Crippen molar-refractivity contribution in [3.05, 3.63) is 53.3 Å². The van der Waals surface area contributed by atoms with Crippen molar-refractivity contribution in [1.82, 2.24) is 19.3 Å². The van der Waals surface area contributed by atoms with Gasteiger partial charge in [-0.05, 0) is 49.1 Å². The Hall–Kier alpha value is -2.93. The maximum atomic E-state index is 12.7. The number of thiophene rings is 1. The minimum atomic E-state index is -0.183. The van der Waals surface area contributed by atoms with E-state index in [-0.39, 0.29) is 5.91 Å². The second kappa shape index (κ2) is 7.00. The minimum absolute atomic E-state index is 0.183. The van der Waals surface area contributed by atoms with E-state index in [4.69, 9.17) is 0 Å². The molecule has 0 spiro atoms. The average Bonchev–Trinajstić information content (AvgIpc) is 3.35. The van der Waals surface area contributed by atoms with Crippen LogP contribution in [0.2, 0.25) is 0 Å². The number of benzene rings is 1. The number of nitrogens with zero attached hydrogens (tertiary/aromatic N) is 4. The number of aryl methyl sites for hydroxylation is 3. The van der Waals surface area contributed by atoms with E-state index >= 15 is 0 Å². The fraction of sp³-hybridized carbons (Fsp3) is 0.250. The lowest BCUT2D eigenvalue weighted by Gasteiger charge is -2.07. The Labute approximate surface area is 161 Å². The van der Waals surface area contributed by atoms with Gasteiger partial charge in [-0.2, -0.15) is 5.10 Å². The number of amides is 1. The second-order valence-electron chi connectivity index (χ2n) is 6.48. The summed E-state index contributed by atoms with van der Waals surface area (Å²) in [6.07, 6.45) is 1.05. The molecule has 0 aliphatic heterocycles. The van der Waals surface area contributed by atoms with Gasteiger partial charge in [0.15, 0.2) is 0 Å². The number of anilines is 1. The molecule has 3 aromatic heterocycles. The molecule has 0 aliphatic carbocycles. The first-order valence-electron chi connectivity index (χ1n) is 8.93. The van der Waals surface area contributed by atoms with Crippen LogP contribution >= 0.6 is 11.3 Å². The van der Waals surface area contributed by atoms with E-state index in [9.17, 15) is 4.79 Å². The number of nitrogens with one attached hydrogen (secondary N) is 1. The number of aromatic nitrogens is 4. The van der Waals surface area contributed by atoms with Gasteiger partial charge < -0.3 is 9.88 Å². The Bertz CT molecular complexity index is 1110. The van der Waals surface area contributed by atoms with Gasteiger partial charge in [0.05, 0.1) is 15.9 Å². The molecule has 1 amide bonds. The fourth-order valence-corrected chi connectivity index (χ4v) is 3.93. The van der Waals surface area contributed by atoms with Crippen LogP contribution in [0.3, 0.4) is 0 Å². The predicted octanol–water partition coefficient (Wildman–Crippen LogP) is 4.47. The van der Waals surface area contributed by atoms with Gasteiger partial charge in [0.2, 0.25) is 0 Å². The molecule has 1 N–H and O–H groups in total. The molecule has 0 fully saturated rings. The van der Waals surface area contributed by atoms with E-state index in [0.29, 0.717) is 5.69 Å². The van der Waals surface area contributed by atoms with Gasteiger partial charge in [0, 0.05) is 19.3 Å². The molecule has 0 saturated heterocycles. The summed E-state index contributed by atoms with van der Waals surface area (Å²) in [5, 5.41) is 9.42. The summed E-state index contributed by atoms with van der Waals surface area (Å²) >= 11 is 1.60. The van der Waals surface area contributed by atoms with Gasteiger partial charge in [0.25, 0.3) is 5.91 Å². The standard InChI is InChI=1S/C20H21N5OS/c1-4-9-25-13(2)21-15-11-14(7-8-17(15)25)22-20(26)18-12-16(23-24(18)3)19-6-5-10-27-19/h5-8,10-12H,4,9H2,1-3H3,(H,22,26). The van der Waals surface area contributed by atoms with Crippen LogP contribution in [0, 0.1) is 6.92 Å². The summed E-state index contributed by atoms with van der Waals surface area (Å²) in [4.78, 5) is 18.4. The first kappa shape index (κ1) is 17.5. The van der Waals surface area contributed by atoms with Crippen LogP contribution in [-0.2, 0) is 13.6 Å². The van der Waals surface area contributed by atoms with Crippen molar-refractivity contribution in [2.75, 3.05) is 5.32 Å². The number of carbonyl (C=O) groups excluding carboxylic acids is 1. The monoisotopic (exact) mass is 379 g/mol. The van der Waals surface area contributed by atoms with Crippen molar-refractivity contribution in [3.8, 4) is 10.6 Å². The van der Waals surface area contributed by atoms with Gasteiger partial charge in [-0.3, -0.25) is 9.48 Å². The van der Waals surface area contributed by atoms with Crippen molar-refractivity contribution >= 4 is 34.0 Å². The maximum Gasteiger partial charge on any atom is 0.273 e. The second-order valence-corrected chi connectivity index (χ2v) is 7.43. The number of carbonyl (C=O) groups is 1. The molecule has 0 saturated carbocycles. The van der Waals surface area contributed by atoms with Crippen LogP contribution in [0.5, 0.6) is 0 Å². The number of hydrogen-bond acceptors (Lipinski definition) is 4. The van der Waals surface area contributed by atoms with Crippen molar-refractivity contribution in [2.24, 2.45) is 7.05 Å². The van der Waals surface area contributed by atoms with E-state index in [2.05, 4.69) is 26.9 Å². The van der Waals surface area contributed by atoms with Crippen LogP contribution in [0.25, 0.3) is 21.6 Å². The molecule has 6 nitrogen and oxygen atoms in total. The zero-order valence-corrected chi connectivity index (χ0v) is 16.4. The number of fused-ring (bicyclic) bond motifs is 1. The van der Waals surface area contributed by atoms with Crippen molar-refractivity contribution < 1.29 is 4.79 Å². The summed E-state index contributed by atoms with van der Waals surface area (Å²) in [6, 6.07) is 11.6. The molecule has 138 valence electrons. The van der Waals surface area contributed by atoms with Gasteiger partial charge in [-0.25, -0.2) is 4.98 Å². The molecule has 7 heteroatoms. The average molecular weight is 379 g/mol. The van der Waals surface area contributed by atoms with Gasteiger partial charge in [-0.1, -0.05) is 13.0 Å². The molecule has 1 aromatic carbocycles. The Morgan fingerprint density at radius 1 is 1.26 bits per heavy atom. The van der Waals surface area contributed by atoms with Crippen molar-refractivity contribution in [2.45, 2.75) is 26.8 Å². The number of imidazole rings is 1. The summed E-state index contributed by atoms with van der Waals surface area (Å²) in [7, 11) is 1.78. The summed E-state index contributed by atoms with van der Waals surface area (Å²) in [5.74, 6) is 0.805. The van der Waals surface area contributed by atoms with Gasteiger partial charge in [-0.15, -0.1) is 11.3 Å². The zero-order valence-electron chi connectivity index (χ0n) is 15.6. The first-order chi connectivity index (χ1) is 13.1. The zero-order chi connectivity index (χ0) is 19.0. The number of rotatable bonds is 5. The molecule has 3 heterocycles. The smallest absolute Gasteiger partial charge is 0.273 e. The molecule has 0 unspecified atom stereocenters. The predicted molar refractivity (Wildman–Crippen MR) is 109 cm³/mol. The van der Waals surface area contributed by atoms with E-state index in [1.807, 2.05) is 48.7 Å². The molecule has 4 rings (SSSR count). The fourth-order valence-electron chi connectivity index (χ4n) is 3.25. The van der Waals surface area contributed by atoms with Gasteiger partial charge >= 0.3 is 0 Å². The number of hydrogen-bond donors (Lipinski definition) is 1. The molecule has 0 radical (unpaired) electrons. The van der Waals surface area contributed by atoms with Crippen LogP contribution in [0.1, 0.15) is 29.7 Å². The quantitative estimate of drug-likeness (QED) is 0.556. The Balaban J connectivity index is 1.60. The Morgan fingerprint density at radius 3 is 2.85 bits per heavy atom. The third kappa shape index (κ3) is 3.26. The highest BCUT2D eigenvalue weighted by atomic mass is 32.1. The van der Waals surface area contributed by atoms with Crippen molar-refractivity contribution in [1.29, 1.82) is 0 Å². The SMILES string of the molecule is CCCn1c(C)nc2cc(NC(=O)c3cc(-c4cccs4)nn3C)ccc21. The third-order valence-corrected chi connectivity index (χ3v) is 5.42. The van der Waals surface area contributed by atoms with Gasteiger partial charge in [0.1, 0.15) is 17.2 Å². The molecule has 0 aliphatic rings. The molecule has 4 aromatic rings. The molecule has 0 atom stereocenters. The Kier molecular flexibility index (Phi) is 4.53. The maximum absolute atomic E-state index is 12.7. The third-order valence-electron chi connectivity index (χ3n) is 4.53. The van der Waals surface area contributed by atoms with E-state index < -0.39 is 0 Å². The summed E-state index contributed by atoms with van der Waals surface area (Å²) in [5.41, 5.74) is 4.04. The molecular weight excluding hydrogens is 358 g/mol. The lowest BCUT2D eigenvalue weighted by Crippen LogP contribution is -2.16. The highest BCUT2D eigenvalue weighted by molar-refractivity contribution is 7.13. The van der Waals surface area contributed by atoms with Crippen LogP contribution in [0.15, 0.2) is 41.8 Å². The molecule has 27 heavy (non-hydrogen) atoms. The highest BCUT2D eigenvalue weighted by Gasteiger charge is 2.16. The lowest BCUT2D eigenvalue weighted by atomic mass is 10.2.